The second-order valence-electron chi connectivity index (χ2n) is 6.43. The lowest BCUT2D eigenvalue weighted by molar-refractivity contribution is -0.149. The number of hydrogen-bond acceptors (Lipinski definition) is 4. The number of nitrogens with one attached hydrogen (secondary N) is 2. The van der Waals surface area contributed by atoms with Crippen LogP contribution in [0.5, 0.6) is 0 Å². The van der Waals surface area contributed by atoms with E-state index in [0.29, 0.717) is 32.6 Å². The third-order valence-corrected chi connectivity index (χ3v) is 4.55. The largest absolute Gasteiger partial charge is 0.350 e. The molecule has 2 heterocycles. The van der Waals surface area contributed by atoms with Gasteiger partial charge in [-0.25, -0.2) is 0 Å². The molecule has 130 valence electrons. The van der Waals surface area contributed by atoms with Crippen molar-refractivity contribution in [2.24, 2.45) is 0 Å². The van der Waals surface area contributed by atoms with Crippen LogP contribution < -0.4 is 10.6 Å². The lowest BCUT2D eigenvalue weighted by atomic mass is 10.0. The second-order valence-corrected chi connectivity index (χ2v) is 6.43. The van der Waals surface area contributed by atoms with Crippen LogP contribution in [0.4, 0.5) is 0 Å². The first-order valence-corrected chi connectivity index (χ1v) is 8.51. The molecule has 6 nitrogen and oxygen atoms in total. The Balaban J connectivity index is 1.60. The van der Waals surface area contributed by atoms with E-state index in [1.165, 1.54) is 0 Å². The topological polar surface area (TPSA) is 76.7 Å². The van der Waals surface area contributed by atoms with E-state index in [9.17, 15) is 9.59 Å². The molecule has 3 rings (SSSR count). The zero-order valence-electron chi connectivity index (χ0n) is 14.0. The molecular formula is C18H24N2O4. The van der Waals surface area contributed by atoms with E-state index in [1.807, 2.05) is 31.2 Å². The van der Waals surface area contributed by atoms with E-state index in [0.717, 1.165) is 24.0 Å². The highest BCUT2D eigenvalue weighted by Crippen LogP contribution is 2.31. The molecule has 0 aliphatic carbocycles. The summed E-state index contributed by atoms with van der Waals surface area (Å²) in [6.45, 7) is 3.48. The number of rotatable bonds is 4. The van der Waals surface area contributed by atoms with Gasteiger partial charge < -0.3 is 20.1 Å². The molecule has 0 radical (unpaired) electrons. The van der Waals surface area contributed by atoms with E-state index in [2.05, 4.69) is 10.6 Å². The van der Waals surface area contributed by atoms with E-state index in [1.54, 1.807) is 0 Å². The average molecular weight is 332 g/mol. The summed E-state index contributed by atoms with van der Waals surface area (Å²) in [5, 5.41) is 5.70. The summed E-state index contributed by atoms with van der Waals surface area (Å²) < 4.78 is 11.3. The van der Waals surface area contributed by atoms with E-state index >= 15 is 0 Å². The summed E-state index contributed by atoms with van der Waals surface area (Å²) in [7, 11) is 0. The van der Waals surface area contributed by atoms with Gasteiger partial charge in [-0.3, -0.25) is 9.59 Å². The first-order chi connectivity index (χ1) is 11.6. The van der Waals surface area contributed by atoms with Crippen molar-refractivity contribution in [3.63, 3.8) is 0 Å². The molecule has 2 aliphatic heterocycles. The summed E-state index contributed by atoms with van der Waals surface area (Å²) in [4.78, 5) is 23.9. The van der Waals surface area contributed by atoms with Crippen LogP contribution in [0, 0.1) is 0 Å². The van der Waals surface area contributed by atoms with Crippen LogP contribution in [0.25, 0.3) is 0 Å². The van der Waals surface area contributed by atoms with Gasteiger partial charge in [-0.15, -0.1) is 0 Å². The van der Waals surface area contributed by atoms with Gasteiger partial charge in [0.1, 0.15) is 6.04 Å². The molecule has 0 saturated carbocycles. The van der Waals surface area contributed by atoms with Crippen LogP contribution in [0.3, 0.4) is 0 Å². The van der Waals surface area contributed by atoms with Gasteiger partial charge in [-0.2, -0.15) is 0 Å². The van der Waals surface area contributed by atoms with E-state index in [4.69, 9.17) is 9.47 Å². The predicted molar refractivity (Wildman–Crippen MR) is 87.9 cm³/mol. The van der Waals surface area contributed by atoms with Gasteiger partial charge in [0.25, 0.3) is 0 Å². The molecule has 6 heteroatoms. The molecule has 1 atom stereocenters. The van der Waals surface area contributed by atoms with Crippen molar-refractivity contribution in [2.45, 2.75) is 51.0 Å². The minimum atomic E-state index is -0.713. The molecule has 2 fully saturated rings. The lowest BCUT2D eigenvalue weighted by Crippen LogP contribution is -2.45. The van der Waals surface area contributed by atoms with Gasteiger partial charge >= 0.3 is 0 Å². The summed E-state index contributed by atoms with van der Waals surface area (Å²) in [5.74, 6) is -0.886. The zero-order chi connectivity index (χ0) is 17.0. The molecule has 0 aromatic heterocycles. The molecule has 24 heavy (non-hydrogen) atoms. The number of carbonyl (C=O) groups excluding carboxylic acids is 2. The highest BCUT2D eigenvalue weighted by atomic mass is 16.7. The summed E-state index contributed by atoms with van der Waals surface area (Å²) in [6, 6.07) is 7.40. The fourth-order valence-electron chi connectivity index (χ4n) is 3.13. The molecular weight excluding hydrogens is 308 g/mol. The summed E-state index contributed by atoms with van der Waals surface area (Å²) >= 11 is 0. The van der Waals surface area contributed by atoms with Gasteiger partial charge in [-0.1, -0.05) is 24.6 Å². The van der Waals surface area contributed by atoms with Crippen molar-refractivity contribution < 1.29 is 19.1 Å². The Morgan fingerprint density at radius 1 is 1.33 bits per heavy atom. The Morgan fingerprint density at radius 3 is 2.92 bits per heavy atom. The SMILES string of the molecule is CC1(c2cccc(CNC(=O)C3CCCCC(=O)N3)c2)OCCO1. The second kappa shape index (κ2) is 7.32. The maximum atomic E-state index is 12.3. The van der Waals surface area contributed by atoms with Gasteiger partial charge in [0.2, 0.25) is 11.8 Å². The third kappa shape index (κ3) is 3.94. The van der Waals surface area contributed by atoms with Crippen LogP contribution in [0.1, 0.15) is 43.7 Å². The smallest absolute Gasteiger partial charge is 0.242 e. The average Bonchev–Trinajstić information content (AvgIpc) is 2.92. The van der Waals surface area contributed by atoms with Crippen LogP contribution in [-0.4, -0.2) is 31.1 Å². The highest BCUT2D eigenvalue weighted by Gasteiger charge is 2.33. The van der Waals surface area contributed by atoms with Gasteiger partial charge in [0.15, 0.2) is 5.79 Å². The van der Waals surface area contributed by atoms with Crippen LogP contribution in [0.2, 0.25) is 0 Å². The molecule has 1 unspecified atom stereocenters. The Bertz CT molecular complexity index is 611. The molecule has 0 spiro atoms. The molecule has 1 aromatic rings. The normalized spacial score (nSPS) is 23.4. The lowest BCUT2D eigenvalue weighted by Gasteiger charge is -2.23. The van der Waals surface area contributed by atoms with Crippen molar-refractivity contribution in [1.29, 1.82) is 0 Å². The van der Waals surface area contributed by atoms with Crippen molar-refractivity contribution in [3.05, 3.63) is 35.4 Å². The first-order valence-electron chi connectivity index (χ1n) is 8.51. The minimum absolute atomic E-state index is 0.0434. The highest BCUT2D eigenvalue weighted by molar-refractivity contribution is 5.87. The van der Waals surface area contributed by atoms with Gasteiger partial charge in [0, 0.05) is 18.5 Å². The molecule has 1 aromatic carbocycles. The molecule has 2 aliphatic rings. The van der Waals surface area contributed by atoms with Crippen LogP contribution in [0.15, 0.2) is 24.3 Å². The number of benzene rings is 1. The third-order valence-electron chi connectivity index (χ3n) is 4.55. The number of amides is 2. The molecule has 2 amide bonds. The summed E-state index contributed by atoms with van der Waals surface area (Å²) in [6.07, 6.45) is 2.93. The van der Waals surface area contributed by atoms with E-state index in [-0.39, 0.29) is 11.8 Å². The monoisotopic (exact) mass is 332 g/mol. The Morgan fingerprint density at radius 2 is 2.12 bits per heavy atom. The first kappa shape index (κ1) is 16.9. The summed E-state index contributed by atoms with van der Waals surface area (Å²) in [5.41, 5.74) is 1.91. The molecule has 0 bridgehead atoms. The van der Waals surface area contributed by atoms with Crippen molar-refractivity contribution in [3.8, 4) is 0 Å². The number of hydrogen-bond donors (Lipinski definition) is 2. The Labute approximate surface area is 141 Å². The fraction of sp³-hybridized carbons (Fsp3) is 0.556. The standard InChI is InChI=1S/C18H24N2O4/c1-18(23-9-10-24-18)14-6-4-5-13(11-14)12-19-17(22)15-7-2-3-8-16(21)20-15/h4-6,11,15H,2-3,7-10,12H2,1H3,(H,19,22)(H,20,21). The number of ether oxygens (including phenoxy) is 2. The zero-order valence-corrected chi connectivity index (χ0v) is 14.0. The van der Waals surface area contributed by atoms with Crippen molar-refractivity contribution in [2.75, 3.05) is 13.2 Å². The van der Waals surface area contributed by atoms with Crippen LogP contribution >= 0.6 is 0 Å². The van der Waals surface area contributed by atoms with E-state index < -0.39 is 11.8 Å². The quantitative estimate of drug-likeness (QED) is 0.878. The predicted octanol–water partition coefficient (Wildman–Crippen LogP) is 1.58. The van der Waals surface area contributed by atoms with Crippen molar-refractivity contribution in [1.82, 2.24) is 10.6 Å². The van der Waals surface area contributed by atoms with Gasteiger partial charge in [-0.05, 0) is 31.4 Å². The molecule has 2 saturated heterocycles. The number of carbonyl (C=O) groups is 2. The van der Waals surface area contributed by atoms with Gasteiger partial charge in [0.05, 0.1) is 13.2 Å². The minimum Gasteiger partial charge on any atom is -0.350 e. The Hall–Kier alpha value is -1.92. The fourth-order valence-corrected chi connectivity index (χ4v) is 3.13. The Kier molecular flexibility index (Phi) is 5.16. The maximum Gasteiger partial charge on any atom is 0.242 e. The van der Waals surface area contributed by atoms with Crippen molar-refractivity contribution >= 4 is 11.8 Å². The van der Waals surface area contributed by atoms with Crippen LogP contribution in [-0.2, 0) is 31.4 Å². The molecule has 2 N–H and O–H groups in total. The maximum absolute atomic E-state index is 12.3.